The van der Waals surface area contributed by atoms with Gasteiger partial charge in [-0.1, -0.05) is 12.1 Å². The van der Waals surface area contributed by atoms with Gasteiger partial charge in [0.2, 0.25) is 0 Å². The first-order valence-electron chi connectivity index (χ1n) is 5.93. The Bertz CT molecular complexity index is 561. The summed E-state index contributed by atoms with van der Waals surface area (Å²) in [5.41, 5.74) is 1.17. The van der Waals surface area contributed by atoms with Gasteiger partial charge in [0.05, 0.1) is 12.2 Å². The van der Waals surface area contributed by atoms with Crippen LogP contribution >= 0.6 is 0 Å². The standard InChI is InChI=1S/C14H13F3N2O/c1-18-13(11-6-7-19-8-12(11)15)9-2-4-10(5-3-9)20-14(16)17/h2-8,13-14,18H,1H3. The summed E-state index contributed by atoms with van der Waals surface area (Å²) in [6.07, 6.45) is 2.63. The van der Waals surface area contributed by atoms with Gasteiger partial charge in [-0.3, -0.25) is 4.98 Å². The monoisotopic (exact) mass is 282 g/mol. The van der Waals surface area contributed by atoms with Gasteiger partial charge in [-0.15, -0.1) is 0 Å². The fourth-order valence-electron chi connectivity index (χ4n) is 1.96. The number of pyridine rings is 1. The van der Waals surface area contributed by atoms with E-state index in [1.54, 1.807) is 25.2 Å². The van der Waals surface area contributed by atoms with Gasteiger partial charge in [0.15, 0.2) is 0 Å². The van der Waals surface area contributed by atoms with Crippen molar-refractivity contribution in [1.29, 1.82) is 0 Å². The molecule has 0 radical (unpaired) electrons. The summed E-state index contributed by atoms with van der Waals surface area (Å²) >= 11 is 0. The van der Waals surface area contributed by atoms with Gasteiger partial charge in [-0.2, -0.15) is 8.78 Å². The number of hydrogen-bond donors (Lipinski definition) is 1. The molecule has 0 fully saturated rings. The zero-order valence-corrected chi connectivity index (χ0v) is 10.7. The summed E-state index contributed by atoms with van der Waals surface area (Å²) in [6, 6.07) is 7.24. The molecule has 1 atom stereocenters. The summed E-state index contributed by atoms with van der Waals surface area (Å²) in [7, 11) is 1.69. The van der Waals surface area contributed by atoms with Gasteiger partial charge in [0.25, 0.3) is 0 Å². The lowest BCUT2D eigenvalue weighted by molar-refractivity contribution is -0.0498. The molecule has 1 aromatic carbocycles. The minimum absolute atomic E-state index is 0.0637. The maximum Gasteiger partial charge on any atom is 0.387 e. The molecular weight excluding hydrogens is 269 g/mol. The van der Waals surface area contributed by atoms with Crippen molar-refractivity contribution in [3.05, 3.63) is 59.7 Å². The van der Waals surface area contributed by atoms with Gasteiger partial charge < -0.3 is 10.1 Å². The minimum atomic E-state index is -2.86. The van der Waals surface area contributed by atoms with Crippen LogP contribution in [-0.4, -0.2) is 18.6 Å². The normalized spacial score (nSPS) is 12.4. The first kappa shape index (κ1) is 14.3. The van der Waals surface area contributed by atoms with E-state index in [2.05, 4.69) is 15.0 Å². The molecular formula is C14H13F3N2O. The van der Waals surface area contributed by atoms with E-state index in [1.807, 2.05) is 0 Å². The minimum Gasteiger partial charge on any atom is -0.435 e. The van der Waals surface area contributed by atoms with Crippen molar-refractivity contribution in [2.75, 3.05) is 7.05 Å². The van der Waals surface area contributed by atoms with E-state index in [0.717, 1.165) is 11.8 Å². The Balaban J connectivity index is 2.26. The van der Waals surface area contributed by atoms with Crippen LogP contribution < -0.4 is 10.1 Å². The van der Waals surface area contributed by atoms with Gasteiger partial charge in [0.1, 0.15) is 11.6 Å². The number of benzene rings is 1. The third kappa shape index (κ3) is 3.27. The van der Waals surface area contributed by atoms with Crippen molar-refractivity contribution in [2.45, 2.75) is 12.7 Å². The lowest BCUT2D eigenvalue weighted by atomic mass is 9.99. The number of aromatic nitrogens is 1. The topological polar surface area (TPSA) is 34.1 Å². The maximum absolute atomic E-state index is 13.7. The predicted octanol–water partition coefficient (Wildman–Crippen LogP) is 3.13. The molecule has 0 amide bonds. The van der Waals surface area contributed by atoms with E-state index in [-0.39, 0.29) is 5.75 Å². The largest absolute Gasteiger partial charge is 0.435 e. The average molecular weight is 282 g/mol. The van der Waals surface area contributed by atoms with Crippen LogP contribution in [0.1, 0.15) is 17.2 Å². The number of alkyl halides is 2. The molecule has 106 valence electrons. The Morgan fingerprint density at radius 1 is 1.15 bits per heavy atom. The van der Waals surface area contributed by atoms with Gasteiger partial charge in [-0.05, 0) is 30.8 Å². The first-order chi connectivity index (χ1) is 9.61. The molecule has 20 heavy (non-hydrogen) atoms. The summed E-state index contributed by atoms with van der Waals surface area (Å²) < 4.78 is 42.2. The second-order valence-corrected chi connectivity index (χ2v) is 4.07. The van der Waals surface area contributed by atoms with Gasteiger partial charge in [0, 0.05) is 11.8 Å². The van der Waals surface area contributed by atoms with Crippen LogP contribution in [0.25, 0.3) is 0 Å². The van der Waals surface area contributed by atoms with Crippen LogP contribution in [0.15, 0.2) is 42.7 Å². The van der Waals surface area contributed by atoms with E-state index >= 15 is 0 Å². The van der Waals surface area contributed by atoms with Crippen LogP contribution in [-0.2, 0) is 0 Å². The third-order valence-corrected chi connectivity index (χ3v) is 2.84. The summed E-state index contributed by atoms with van der Waals surface area (Å²) in [5, 5.41) is 2.98. The third-order valence-electron chi connectivity index (χ3n) is 2.84. The van der Waals surface area contributed by atoms with E-state index in [0.29, 0.717) is 5.56 Å². The van der Waals surface area contributed by atoms with Crippen molar-refractivity contribution in [3.8, 4) is 5.75 Å². The molecule has 3 nitrogen and oxygen atoms in total. The van der Waals surface area contributed by atoms with E-state index < -0.39 is 18.5 Å². The highest BCUT2D eigenvalue weighted by atomic mass is 19.3. The molecule has 6 heteroatoms. The average Bonchev–Trinajstić information content (AvgIpc) is 2.43. The molecule has 0 bridgehead atoms. The highest BCUT2D eigenvalue weighted by molar-refractivity contribution is 5.35. The molecule has 1 N–H and O–H groups in total. The summed E-state index contributed by atoms with van der Waals surface area (Å²) in [4.78, 5) is 3.70. The summed E-state index contributed by atoms with van der Waals surface area (Å²) in [6.45, 7) is -2.86. The van der Waals surface area contributed by atoms with Crippen LogP contribution in [0.3, 0.4) is 0 Å². The number of nitrogens with one attached hydrogen (secondary N) is 1. The van der Waals surface area contributed by atoms with Crippen molar-refractivity contribution >= 4 is 0 Å². The molecule has 0 aliphatic rings. The molecule has 0 saturated carbocycles. The molecule has 1 aromatic heterocycles. The number of halogens is 3. The number of hydrogen-bond acceptors (Lipinski definition) is 3. The van der Waals surface area contributed by atoms with E-state index in [1.165, 1.54) is 18.3 Å². The SMILES string of the molecule is CNC(c1ccc(OC(F)F)cc1)c1ccncc1F. The Labute approximate surface area is 114 Å². The molecule has 0 aliphatic heterocycles. The molecule has 0 saturated heterocycles. The Morgan fingerprint density at radius 2 is 1.85 bits per heavy atom. The smallest absolute Gasteiger partial charge is 0.387 e. The van der Waals surface area contributed by atoms with Crippen molar-refractivity contribution < 1.29 is 17.9 Å². The Kier molecular flexibility index (Phi) is 4.57. The highest BCUT2D eigenvalue weighted by Gasteiger charge is 2.16. The zero-order valence-electron chi connectivity index (χ0n) is 10.7. The van der Waals surface area contributed by atoms with Crippen molar-refractivity contribution in [2.24, 2.45) is 0 Å². The molecule has 2 rings (SSSR count). The van der Waals surface area contributed by atoms with E-state index in [9.17, 15) is 13.2 Å². The fraction of sp³-hybridized carbons (Fsp3) is 0.214. The second kappa shape index (κ2) is 6.38. The number of nitrogens with zero attached hydrogens (tertiary/aromatic N) is 1. The van der Waals surface area contributed by atoms with Gasteiger partial charge in [-0.25, -0.2) is 4.39 Å². The lowest BCUT2D eigenvalue weighted by Gasteiger charge is -2.18. The predicted molar refractivity (Wildman–Crippen MR) is 68.2 cm³/mol. The maximum atomic E-state index is 13.7. The number of ether oxygens (including phenoxy) is 1. The first-order valence-corrected chi connectivity index (χ1v) is 5.93. The Hall–Kier alpha value is -2.08. The molecule has 0 aliphatic carbocycles. The molecule has 1 heterocycles. The van der Waals surface area contributed by atoms with Crippen LogP contribution in [0.2, 0.25) is 0 Å². The van der Waals surface area contributed by atoms with Crippen molar-refractivity contribution in [1.82, 2.24) is 10.3 Å². The Morgan fingerprint density at radius 3 is 2.40 bits per heavy atom. The molecule has 0 spiro atoms. The quantitative estimate of drug-likeness (QED) is 0.915. The highest BCUT2D eigenvalue weighted by Crippen LogP contribution is 2.25. The molecule has 2 aromatic rings. The van der Waals surface area contributed by atoms with E-state index in [4.69, 9.17) is 0 Å². The van der Waals surface area contributed by atoms with Crippen molar-refractivity contribution in [3.63, 3.8) is 0 Å². The lowest BCUT2D eigenvalue weighted by Crippen LogP contribution is -2.19. The summed E-state index contributed by atoms with van der Waals surface area (Å²) in [5.74, 6) is -0.367. The van der Waals surface area contributed by atoms with Crippen LogP contribution in [0.4, 0.5) is 13.2 Å². The fourth-order valence-corrected chi connectivity index (χ4v) is 1.96. The van der Waals surface area contributed by atoms with Gasteiger partial charge >= 0.3 is 6.61 Å². The van der Waals surface area contributed by atoms with Crippen LogP contribution in [0.5, 0.6) is 5.75 Å². The second-order valence-electron chi connectivity index (χ2n) is 4.07. The zero-order chi connectivity index (χ0) is 14.5. The molecule has 1 unspecified atom stereocenters. The van der Waals surface area contributed by atoms with Crippen LogP contribution in [0, 0.1) is 5.82 Å². The number of rotatable bonds is 5.